The summed E-state index contributed by atoms with van der Waals surface area (Å²) in [7, 11) is 0. The second kappa shape index (κ2) is 7.97. The molecular weight excluding hydrogens is 312 g/mol. The van der Waals surface area contributed by atoms with Crippen LogP contribution in [-0.2, 0) is 0 Å². The van der Waals surface area contributed by atoms with E-state index in [9.17, 15) is 9.59 Å². The van der Waals surface area contributed by atoms with Crippen molar-refractivity contribution in [3.8, 4) is 0 Å². The van der Waals surface area contributed by atoms with Crippen LogP contribution in [0.5, 0.6) is 0 Å². The monoisotopic (exact) mass is 336 g/mol. The largest absolute Gasteiger partial charge is 0.336 e. The zero-order valence-corrected chi connectivity index (χ0v) is 14.6. The molecule has 0 aromatic heterocycles. The van der Waals surface area contributed by atoms with E-state index in [1.54, 1.807) is 36.4 Å². The maximum Gasteiger partial charge on any atom is 0.255 e. The molecule has 1 fully saturated rings. The Labute approximate surface area is 148 Å². The van der Waals surface area contributed by atoms with Crippen LogP contribution >= 0.6 is 0 Å². The van der Waals surface area contributed by atoms with Gasteiger partial charge in [0, 0.05) is 29.4 Å². The third kappa shape index (κ3) is 4.08. The van der Waals surface area contributed by atoms with Crippen LogP contribution in [-0.4, -0.2) is 29.3 Å². The molecule has 0 spiro atoms. The molecule has 1 N–H and O–H groups in total. The van der Waals surface area contributed by atoms with Crippen molar-refractivity contribution in [2.45, 2.75) is 38.6 Å². The van der Waals surface area contributed by atoms with Gasteiger partial charge in [0.15, 0.2) is 0 Å². The standard InChI is InChI=1S/C21H24N2O2/c1-2-19-10-6-7-15-23(19)21(25)17-11-13-18(14-12-17)22-20(24)16-8-4-3-5-9-16/h3-5,8-9,11-14,19H,2,6-7,10,15H2,1H3,(H,22,24). The molecule has 1 saturated heterocycles. The first-order chi connectivity index (χ1) is 12.2. The third-order valence-corrected chi connectivity index (χ3v) is 4.78. The van der Waals surface area contributed by atoms with Gasteiger partial charge in [0.1, 0.15) is 0 Å². The van der Waals surface area contributed by atoms with Crippen molar-refractivity contribution in [3.63, 3.8) is 0 Å². The topological polar surface area (TPSA) is 49.4 Å². The number of nitrogens with zero attached hydrogens (tertiary/aromatic N) is 1. The highest BCUT2D eigenvalue weighted by molar-refractivity contribution is 6.04. The summed E-state index contributed by atoms with van der Waals surface area (Å²) in [5, 5.41) is 2.86. The first-order valence-corrected chi connectivity index (χ1v) is 8.96. The lowest BCUT2D eigenvalue weighted by molar-refractivity contribution is 0.0608. The quantitative estimate of drug-likeness (QED) is 0.903. The summed E-state index contributed by atoms with van der Waals surface area (Å²) in [6.07, 6.45) is 4.37. The van der Waals surface area contributed by atoms with Gasteiger partial charge in [0.2, 0.25) is 0 Å². The van der Waals surface area contributed by atoms with E-state index in [4.69, 9.17) is 0 Å². The van der Waals surface area contributed by atoms with E-state index in [2.05, 4.69) is 12.2 Å². The fourth-order valence-electron chi connectivity index (χ4n) is 3.35. The fraction of sp³-hybridized carbons (Fsp3) is 0.333. The van der Waals surface area contributed by atoms with Crippen molar-refractivity contribution in [2.24, 2.45) is 0 Å². The highest BCUT2D eigenvalue weighted by atomic mass is 16.2. The molecule has 0 bridgehead atoms. The highest BCUT2D eigenvalue weighted by Crippen LogP contribution is 2.22. The van der Waals surface area contributed by atoms with Crippen LogP contribution in [0, 0.1) is 0 Å². The molecule has 25 heavy (non-hydrogen) atoms. The molecule has 130 valence electrons. The third-order valence-electron chi connectivity index (χ3n) is 4.78. The highest BCUT2D eigenvalue weighted by Gasteiger charge is 2.26. The smallest absolute Gasteiger partial charge is 0.255 e. The number of anilines is 1. The second-order valence-corrected chi connectivity index (χ2v) is 6.45. The molecule has 1 heterocycles. The Morgan fingerprint density at radius 3 is 2.40 bits per heavy atom. The Balaban J connectivity index is 1.67. The second-order valence-electron chi connectivity index (χ2n) is 6.45. The van der Waals surface area contributed by atoms with E-state index in [-0.39, 0.29) is 11.8 Å². The SMILES string of the molecule is CCC1CCCCN1C(=O)c1ccc(NC(=O)c2ccccc2)cc1. The molecule has 1 atom stereocenters. The molecule has 1 aliphatic rings. The average molecular weight is 336 g/mol. The van der Waals surface area contributed by atoms with Crippen molar-refractivity contribution in [1.29, 1.82) is 0 Å². The number of carbonyl (C=O) groups is 2. The predicted molar refractivity (Wildman–Crippen MR) is 99.8 cm³/mol. The number of hydrogen-bond donors (Lipinski definition) is 1. The maximum atomic E-state index is 12.8. The summed E-state index contributed by atoms with van der Waals surface area (Å²) in [5.41, 5.74) is 1.98. The van der Waals surface area contributed by atoms with Crippen LogP contribution in [0.3, 0.4) is 0 Å². The maximum absolute atomic E-state index is 12.8. The molecule has 2 aromatic carbocycles. The summed E-state index contributed by atoms with van der Waals surface area (Å²) in [6, 6.07) is 16.6. The number of carbonyl (C=O) groups excluding carboxylic acids is 2. The molecule has 1 aliphatic heterocycles. The Morgan fingerprint density at radius 2 is 1.72 bits per heavy atom. The Hall–Kier alpha value is -2.62. The normalized spacial score (nSPS) is 17.2. The van der Waals surface area contributed by atoms with Crippen molar-refractivity contribution in [1.82, 2.24) is 4.90 Å². The molecule has 2 aromatic rings. The molecule has 0 saturated carbocycles. The zero-order valence-electron chi connectivity index (χ0n) is 14.6. The van der Waals surface area contributed by atoms with Gasteiger partial charge in [-0.1, -0.05) is 25.1 Å². The minimum Gasteiger partial charge on any atom is -0.336 e. The summed E-state index contributed by atoms with van der Waals surface area (Å²) in [4.78, 5) is 26.9. The van der Waals surface area contributed by atoms with Gasteiger partial charge in [0.25, 0.3) is 11.8 Å². The Morgan fingerprint density at radius 1 is 1.00 bits per heavy atom. The van der Waals surface area contributed by atoms with Gasteiger partial charge in [-0.05, 0) is 62.1 Å². The molecule has 2 amide bonds. The van der Waals surface area contributed by atoms with E-state index < -0.39 is 0 Å². The molecule has 4 heteroatoms. The van der Waals surface area contributed by atoms with E-state index in [0.29, 0.717) is 22.9 Å². The lowest BCUT2D eigenvalue weighted by atomic mass is 9.99. The molecule has 3 rings (SSSR count). The fourth-order valence-corrected chi connectivity index (χ4v) is 3.35. The van der Waals surface area contributed by atoms with E-state index in [0.717, 1.165) is 25.8 Å². The van der Waals surface area contributed by atoms with Crippen LogP contribution in [0.25, 0.3) is 0 Å². The first kappa shape index (κ1) is 17.2. The summed E-state index contributed by atoms with van der Waals surface area (Å²) < 4.78 is 0. The van der Waals surface area contributed by atoms with Gasteiger partial charge in [-0.15, -0.1) is 0 Å². The number of rotatable bonds is 4. The zero-order chi connectivity index (χ0) is 17.6. The lowest BCUT2D eigenvalue weighted by Crippen LogP contribution is -2.43. The van der Waals surface area contributed by atoms with Crippen LogP contribution in [0.1, 0.15) is 53.3 Å². The number of piperidine rings is 1. The van der Waals surface area contributed by atoms with Crippen LogP contribution < -0.4 is 5.32 Å². The number of likely N-dealkylation sites (tertiary alicyclic amines) is 1. The van der Waals surface area contributed by atoms with Gasteiger partial charge in [-0.25, -0.2) is 0 Å². The predicted octanol–water partition coefficient (Wildman–Crippen LogP) is 4.34. The van der Waals surface area contributed by atoms with Crippen LogP contribution in [0.4, 0.5) is 5.69 Å². The van der Waals surface area contributed by atoms with Crippen LogP contribution in [0.2, 0.25) is 0 Å². The molecule has 0 radical (unpaired) electrons. The summed E-state index contributed by atoms with van der Waals surface area (Å²) in [6.45, 7) is 2.97. The number of amides is 2. The number of hydrogen-bond acceptors (Lipinski definition) is 2. The van der Waals surface area contributed by atoms with E-state index in [1.165, 1.54) is 6.42 Å². The molecular formula is C21H24N2O2. The van der Waals surface area contributed by atoms with E-state index >= 15 is 0 Å². The number of benzene rings is 2. The van der Waals surface area contributed by atoms with Crippen molar-refractivity contribution < 1.29 is 9.59 Å². The summed E-state index contributed by atoms with van der Waals surface area (Å²) >= 11 is 0. The Bertz CT molecular complexity index is 725. The van der Waals surface area contributed by atoms with Gasteiger partial charge in [0.05, 0.1) is 0 Å². The van der Waals surface area contributed by atoms with Crippen LogP contribution in [0.15, 0.2) is 54.6 Å². The van der Waals surface area contributed by atoms with Crippen molar-refractivity contribution in [3.05, 3.63) is 65.7 Å². The van der Waals surface area contributed by atoms with E-state index in [1.807, 2.05) is 23.1 Å². The van der Waals surface area contributed by atoms with Gasteiger partial charge < -0.3 is 10.2 Å². The molecule has 0 aliphatic carbocycles. The summed E-state index contributed by atoms with van der Waals surface area (Å²) in [5.74, 6) is -0.0609. The average Bonchev–Trinajstić information content (AvgIpc) is 2.68. The first-order valence-electron chi connectivity index (χ1n) is 8.96. The van der Waals surface area contributed by atoms with Gasteiger partial charge in [-0.3, -0.25) is 9.59 Å². The minimum absolute atomic E-state index is 0.0903. The van der Waals surface area contributed by atoms with Gasteiger partial charge >= 0.3 is 0 Å². The van der Waals surface area contributed by atoms with Gasteiger partial charge in [-0.2, -0.15) is 0 Å². The minimum atomic E-state index is -0.151. The van der Waals surface area contributed by atoms with Crippen molar-refractivity contribution in [2.75, 3.05) is 11.9 Å². The molecule has 1 unspecified atom stereocenters. The molecule has 4 nitrogen and oxygen atoms in total. The lowest BCUT2D eigenvalue weighted by Gasteiger charge is -2.35. The Kier molecular flexibility index (Phi) is 5.49. The number of nitrogens with one attached hydrogen (secondary N) is 1. The van der Waals surface area contributed by atoms with Crippen molar-refractivity contribution >= 4 is 17.5 Å².